The normalized spacial score (nSPS) is 17.1. The number of anilines is 1. The minimum atomic E-state index is -3.68. The molecular weight excluding hydrogens is 330 g/mol. The fourth-order valence-electron chi connectivity index (χ4n) is 2.93. The standard InChI is InChI=1S/C16H19N3O4S/c1-3-14-17-15(23-18-14)9-24(21,22)10-16(20)19-11(2)8-12-6-4-5-7-13(12)19/h4-7,11H,3,8-10H2,1-2H3/t11-/m0/s1. The van der Waals surface area contributed by atoms with Crippen molar-refractivity contribution in [3.63, 3.8) is 0 Å². The SMILES string of the molecule is CCc1noc(CS(=O)(=O)CC(=O)N2c3ccccc3C[C@@H]2C)n1. The van der Waals surface area contributed by atoms with E-state index in [0.29, 0.717) is 12.2 Å². The van der Waals surface area contributed by atoms with Crippen LogP contribution in [0.2, 0.25) is 0 Å². The smallest absolute Gasteiger partial charge is 0.242 e. The van der Waals surface area contributed by atoms with Crippen LogP contribution in [-0.2, 0) is 33.2 Å². The molecule has 8 heteroatoms. The number of sulfone groups is 1. The molecule has 0 unspecified atom stereocenters. The molecule has 1 aliphatic rings. The molecule has 7 nitrogen and oxygen atoms in total. The number of hydrogen-bond donors (Lipinski definition) is 0. The molecule has 128 valence electrons. The van der Waals surface area contributed by atoms with Gasteiger partial charge in [-0.3, -0.25) is 4.79 Å². The Balaban J connectivity index is 1.74. The molecule has 0 N–H and O–H groups in total. The molecule has 1 aromatic carbocycles. The van der Waals surface area contributed by atoms with Gasteiger partial charge >= 0.3 is 0 Å². The zero-order chi connectivity index (χ0) is 17.3. The van der Waals surface area contributed by atoms with Gasteiger partial charge in [-0.2, -0.15) is 4.98 Å². The number of aromatic nitrogens is 2. The molecule has 0 bridgehead atoms. The highest BCUT2D eigenvalue weighted by molar-refractivity contribution is 7.91. The number of carbonyl (C=O) groups is 1. The first-order valence-corrected chi connectivity index (χ1v) is 9.63. The Morgan fingerprint density at radius 1 is 1.38 bits per heavy atom. The monoisotopic (exact) mass is 349 g/mol. The molecule has 1 aromatic heterocycles. The van der Waals surface area contributed by atoms with Crippen molar-refractivity contribution in [2.45, 2.75) is 38.5 Å². The lowest BCUT2D eigenvalue weighted by Gasteiger charge is -2.22. The highest BCUT2D eigenvalue weighted by atomic mass is 32.2. The van der Waals surface area contributed by atoms with Crippen molar-refractivity contribution in [1.29, 1.82) is 0 Å². The highest BCUT2D eigenvalue weighted by Gasteiger charge is 2.33. The summed E-state index contributed by atoms with van der Waals surface area (Å²) in [7, 11) is -3.68. The first-order chi connectivity index (χ1) is 11.4. The van der Waals surface area contributed by atoms with E-state index >= 15 is 0 Å². The van der Waals surface area contributed by atoms with E-state index in [1.165, 1.54) is 0 Å². The number of rotatable bonds is 5. The Kier molecular flexibility index (Phi) is 4.40. The van der Waals surface area contributed by atoms with Gasteiger partial charge in [0, 0.05) is 18.2 Å². The van der Waals surface area contributed by atoms with Crippen LogP contribution in [0.4, 0.5) is 5.69 Å². The van der Waals surface area contributed by atoms with Gasteiger partial charge in [0.15, 0.2) is 15.7 Å². The Bertz CT molecular complexity index is 860. The molecule has 0 saturated carbocycles. The van der Waals surface area contributed by atoms with Gasteiger partial charge in [0.25, 0.3) is 0 Å². The van der Waals surface area contributed by atoms with E-state index < -0.39 is 27.3 Å². The molecule has 0 aliphatic carbocycles. The van der Waals surface area contributed by atoms with Crippen LogP contribution < -0.4 is 4.90 Å². The number of hydrogen-bond acceptors (Lipinski definition) is 6. The predicted molar refractivity (Wildman–Crippen MR) is 88.3 cm³/mol. The molecule has 0 saturated heterocycles. The van der Waals surface area contributed by atoms with Crippen molar-refractivity contribution in [3.8, 4) is 0 Å². The summed E-state index contributed by atoms with van der Waals surface area (Å²) in [6.45, 7) is 3.76. The van der Waals surface area contributed by atoms with E-state index in [1.807, 2.05) is 38.1 Å². The largest absolute Gasteiger partial charge is 0.338 e. The molecule has 2 heterocycles. The summed E-state index contributed by atoms with van der Waals surface area (Å²) in [6, 6.07) is 7.50. The Hall–Kier alpha value is -2.22. The maximum Gasteiger partial charge on any atom is 0.242 e. The maximum absolute atomic E-state index is 12.6. The van der Waals surface area contributed by atoms with Gasteiger partial charge in [-0.15, -0.1) is 0 Å². The van der Waals surface area contributed by atoms with Crippen molar-refractivity contribution in [1.82, 2.24) is 10.1 Å². The van der Waals surface area contributed by atoms with E-state index in [-0.39, 0.29) is 11.9 Å². The van der Waals surface area contributed by atoms with E-state index in [9.17, 15) is 13.2 Å². The van der Waals surface area contributed by atoms with Crippen LogP contribution in [-0.4, -0.2) is 36.3 Å². The van der Waals surface area contributed by atoms with Gasteiger partial charge < -0.3 is 9.42 Å². The molecule has 24 heavy (non-hydrogen) atoms. The number of aryl methyl sites for hydroxylation is 1. The molecular formula is C16H19N3O4S. The third kappa shape index (κ3) is 3.33. The number of para-hydroxylation sites is 1. The summed E-state index contributed by atoms with van der Waals surface area (Å²) in [4.78, 5) is 18.1. The van der Waals surface area contributed by atoms with Crippen LogP contribution in [0, 0.1) is 0 Å². The summed E-state index contributed by atoms with van der Waals surface area (Å²) < 4.78 is 29.5. The summed E-state index contributed by atoms with van der Waals surface area (Å²) in [5.41, 5.74) is 1.84. The predicted octanol–water partition coefficient (Wildman–Crippen LogP) is 1.52. The van der Waals surface area contributed by atoms with Gasteiger partial charge in [0.05, 0.1) is 0 Å². The fraction of sp³-hybridized carbons (Fsp3) is 0.438. The lowest BCUT2D eigenvalue weighted by molar-refractivity contribution is -0.116. The third-order valence-corrected chi connectivity index (χ3v) is 5.36. The van der Waals surface area contributed by atoms with Crippen molar-refractivity contribution >= 4 is 21.4 Å². The van der Waals surface area contributed by atoms with Crippen molar-refractivity contribution in [2.24, 2.45) is 0 Å². The molecule has 1 atom stereocenters. The average molecular weight is 349 g/mol. The molecule has 2 aromatic rings. The van der Waals surface area contributed by atoms with Gasteiger partial charge in [0.2, 0.25) is 11.8 Å². The summed E-state index contributed by atoms with van der Waals surface area (Å²) in [5.74, 6) is -0.948. The highest BCUT2D eigenvalue weighted by Crippen LogP contribution is 2.32. The zero-order valence-corrected chi connectivity index (χ0v) is 14.4. The van der Waals surface area contributed by atoms with E-state index in [1.54, 1.807) is 4.90 Å². The Labute approximate surface area is 140 Å². The van der Waals surface area contributed by atoms with Crippen LogP contribution in [0.5, 0.6) is 0 Å². The van der Waals surface area contributed by atoms with Crippen LogP contribution in [0.15, 0.2) is 28.8 Å². The number of benzene rings is 1. The lowest BCUT2D eigenvalue weighted by atomic mass is 10.1. The molecule has 1 amide bonds. The Morgan fingerprint density at radius 3 is 2.83 bits per heavy atom. The second kappa shape index (κ2) is 6.35. The van der Waals surface area contributed by atoms with Crippen LogP contribution in [0.1, 0.15) is 31.1 Å². The van der Waals surface area contributed by atoms with Gasteiger partial charge in [-0.05, 0) is 25.0 Å². The van der Waals surface area contributed by atoms with E-state index in [2.05, 4.69) is 10.1 Å². The minimum absolute atomic E-state index is 0.0227. The topological polar surface area (TPSA) is 93.4 Å². The Morgan fingerprint density at radius 2 is 2.12 bits per heavy atom. The molecule has 0 fully saturated rings. The second-order valence-corrected chi connectivity index (χ2v) is 8.00. The van der Waals surface area contributed by atoms with Gasteiger partial charge in [-0.25, -0.2) is 8.42 Å². The van der Waals surface area contributed by atoms with Crippen molar-refractivity contribution in [2.75, 3.05) is 10.7 Å². The zero-order valence-electron chi connectivity index (χ0n) is 13.6. The van der Waals surface area contributed by atoms with E-state index in [0.717, 1.165) is 17.7 Å². The number of carbonyl (C=O) groups excluding carboxylic acids is 1. The first-order valence-electron chi connectivity index (χ1n) is 7.81. The summed E-state index contributed by atoms with van der Waals surface area (Å²) >= 11 is 0. The number of amides is 1. The van der Waals surface area contributed by atoms with Crippen LogP contribution >= 0.6 is 0 Å². The molecule has 0 spiro atoms. The number of nitrogens with zero attached hydrogens (tertiary/aromatic N) is 3. The van der Waals surface area contributed by atoms with Crippen molar-refractivity contribution in [3.05, 3.63) is 41.5 Å². The van der Waals surface area contributed by atoms with Crippen molar-refractivity contribution < 1.29 is 17.7 Å². The van der Waals surface area contributed by atoms with Crippen LogP contribution in [0.25, 0.3) is 0 Å². The summed E-state index contributed by atoms with van der Waals surface area (Å²) in [6.07, 6.45) is 1.29. The van der Waals surface area contributed by atoms with Gasteiger partial charge in [-0.1, -0.05) is 30.3 Å². The molecule has 1 aliphatic heterocycles. The van der Waals surface area contributed by atoms with E-state index in [4.69, 9.17) is 4.52 Å². The maximum atomic E-state index is 12.6. The average Bonchev–Trinajstić information content (AvgIpc) is 3.08. The minimum Gasteiger partial charge on any atom is -0.338 e. The van der Waals surface area contributed by atoms with Crippen LogP contribution in [0.3, 0.4) is 0 Å². The quantitative estimate of drug-likeness (QED) is 0.812. The third-order valence-electron chi connectivity index (χ3n) is 3.99. The molecule has 3 rings (SSSR count). The number of fused-ring (bicyclic) bond motifs is 1. The lowest BCUT2D eigenvalue weighted by Crippen LogP contribution is -2.39. The fourth-order valence-corrected chi connectivity index (χ4v) is 4.05. The van der Waals surface area contributed by atoms with Gasteiger partial charge in [0.1, 0.15) is 11.5 Å². The summed E-state index contributed by atoms with van der Waals surface area (Å²) in [5, 5.41) is 3.67. The first kappa shape index (κ1) is 16.6. The second-order valence-electron chi connectivity index (χ2n) is 5.94. The molecule has 0 radical (unpaired) electrons.